The second-order valence-electron chi connectivity index (χ2n) is 3.47. The topological polar surface area (TPSA) is 35.0 Å². The van der Waals surface area contributed by atoms with Gasteiger partial charge in [0, 0.05) is 5.56 Å². The summed E-state index contributed by atoms with van der Waals surface area (Å²) in [5.74, 6) is 0.866. The van der Waals surface area contributed by atoms with Crippen molar-refractivity contribution in [1.29, 1.82) is 0 Å². The van der Waals surface area contributed by atoms with Crippen molar-refractivity contribution in [2.45, 2.75) is 6.92 Å². The summed E-state index contributed by atoms with van der Waals surface area (Å²) in [7, 11) is 1.54. The number of aryl methyl sites for hydroxylation is 1. The minimum atomic E-state index is -0.326. The molecule has 0 amide bonds. The summed E-state index contributed by atoms with van der Waals surface area (Å²) in [5.41, 5.74) is 1.24. The Balaban J connectivity index is 2.62. The number of hydrogen-bond donors (Lipinski definition) is 0. The average Bonchev–Trinajstić information content (AvgIpc) is 2.27. The van der Waals surface area contributed by atoms with Gasteiger partial charge in [0.15, 0.2) is 0 Å². The van der Waals surface area contributed by atoms with E-state index < -0.39 is 0 Å². The lowest BCUT2D eigenvalue weighted by Crippen LogP contribution is -1.95. The molecule has 0 fully saturated rings. The van der Waals surface area contributed by atoms with Crippen LogP contribution in [0, 0.1) is 12.7 Å². The van der Waals surface area contributed by atoms with Gasteiger partial charge in [0.05, 0.1) is 12.8 Å². The Morgan fingerprint density at radius 3 is 2.65 bits per heavy atom. The second-order valence-corrected chi connectivity index (χ2v) is 4.28. The summed E-state index contributed by atoms with van der Waals surface area (Å²) in [4.78, 5) is 8.37. The van der Waals surface area contributed by atoms with Crippen LogP contribution in [0.2, 0.25) is 0 Å². The summed E-state index contributed by atoms with van der Waals surface area (Å²) < 4.78 is 19.1. The summed E-state index contributed by atoms with van der Waals surface area (Å²) >= 11 is 3.29. The zero-order valence-electron chi connectivity index (χ0n) is 9.37. The lowest BCUT2D eigenvalue weighted by atomic mass is 10.1. The molecule has 0 atom stereocenters. The number of ether oxygens (including phenoxy) is 1. The highest BCUT2D eigenvalue weighted by atomic mass is 79.9. The number of hydrogen-bond acceptors (Lipinski definition) is 3. The van der Waals surface area contributed by atoms with Gasteiger partial charge in [-0.3, -0.25) is 0 Å². The molecule has 0 radical (unpaired) electrons. The first kappa shape index (κ1) is 12.0. The second kappa shape index (κ2) is 4.79. The minimum absolute atomic E-state index is 0.326. The lowest BCUT2D eigenvalue weighted by molar-refractivity contribution is 0.415. The highest BCUT2D eigenvalue weighted by Gasteiger charge is 2.10. The van der Waals surface area contributed by atoms with Gasteiger partial charge in [0.1, 0.15) is 22.0 Å². The normalized spacial score (nSPS) is 10.4. The first-order valence-corrected chi connectivity index (χ1v) is 5.74. The van der Waals surface area contributed by atoms with Crippen LogP contribution in [-0.4, -0.2) is 17.1 Å². The molecule has 0 aliphatic carbocycles. The molecule has 0 unspecified atom stereocenters. The smallest absolute Gasteiger partial charge is 0.128 e. The number of benzene rings is 1. The molecule has 17 heavy (non-hydrogen) atoms. The fourth-order valence-electron chi connectivity index (χ4n) is 1.55. The van der Waals surface area contributed by atoms with Gasteiger partial charge < -0.3 is 4.74 Å². The van der Waals surface area contributed by atoms with Gasteiger partial charge >= 0.3 is 0 Å². The van der Waals surface area contributed by atoms with Crippen molar-refractivity contribution in [3.63, 3.8) is 0 Å². The van der Waals surface area contributed by atoms with Crippen molar-refractivity contribution >= 4 is 15.9 Å². The summed E-state index contributed by atoms with van der Waals surface area (Å²) in [5, 5.41) is 0. The Bertz CT molecular complexity index is 540. The maximum atomic E-state index is 13.3. The molecule has 0 spiro atoms. The van der Waals surface area contributed by atoms with Gasteiger partial charge in [-0.05, 0) is 47.1 Å². The Kier molecular flexibility index (Phi) is 3.38. The molecule has 0 aliphatic heterocycles. The van der Waals surface area contributed by atoms with E-state index in [1.165, 1.54) is 12.1 Å². The van der Waals surface area contributed by atoms with Crippen LogP contribution in [0.15, 0.2) is 28.9 Å². The van der Waals surface area contributed by atoms with E-state index in [1.807, 2.05) is 0 Å². The quantitative estimate of drug-likeness (QED) is 0.797. The monoisotopic (exact) mass is 296 g/mol. The molecule has 5 heteroatoms. The molecule has 1 heterocycles. The maximum Gasteiger partial charge on any atom is 0.128 e. The zero-order valence-corrected chi connectivity index (χ0v) is 11.0. The third-order valence-corrected chi connectivity index (χ3v) is 2.65. The van der Waals surface area contributed by atoms with Gasteiger partial charge in [-0.15, -0.1) is 0 Å². The van der Waals surface area contributed by atoms with Crippen molar-refractivity contribution in [2.24, 2.45) is 0 Å². The summed E-state index contributed by atoms with van der Waals surface area (Å²) in [6, 6.07) is 6.05. The molecule has 88 valence electrons. The zero-order chi connectivity index (χ0) is 12.4. The Hall–Kier alpha value is -1.49. The van der Waals surface area contributed by atoms with E-state index in [-0.39, 0.29) is 5.82 Å². The molecule has 2 rings (SSSR count). The van der Waals surface area contributed by atoms with Crippen LogP contribution in [0.25, 0.3) is 11.3 Å². The van der Waals surface area contributed by atoms with Crippen LogP contribution in [0.3, 0.4) is 0 Å². The van der Waals surface area contributed by atoms with E-state index in [4.69, 9.17) is 4.74 Å². The molecule has 0 saturated heterocycles. The van der Waals surface area contributed by atoms with Crippen molar-refractivity contribution in [3.05, 3.63) is 40.5 Å². The van der Waals surface area contributed by atoms with Gasteiger partial charge in [0.25, 0.3) is 0 Å². The number of halogens is 2. The van der Waals surface area contributed by atoms with E-state index in [9.17, 15) is 4.39 Å². The van der Waals surface area contributed by atoms with Gasteiger partial charge in [0.2, 0.25) is 0 Å². The first-order chi connectivity index (χ1) is 8.10. The SMILES string of the molecule is COc1ccc(F)cc1-c1cc(Br)nc(C)n1. The van der Waals surface area contributed by atoms with E-state index in [2.05, 4.69) is 25.9 Å². The largest absolute Gasteiger partial charge is 0.496 e. The number of rotatable bonds is 2. The van der Waals surface area contributed by atoms with Crippen molar-refractivity contribution in [1.82, 2.24) is 9.97 Å². The van der Waals surface area contributed by atoms with Crippen molar-refractivity contribution in [2.75, 3.05) is 7.11 Å². The van der Waals surface area contributed by atoms with E-state index in [0.29, 0.717) is 27.4 Å². The van der Waals surface area contributed by atoms with Gasteiger partial charge in [-0.2, -0.15) is 0 Å². The Labute approximate surface area is 107 Å². The van der Waals surface area contributed by atoms with Crippen molar-refractivity contribution < 1.29 is 9.13 Å². The average molecular weight is 297 g/mol. The Morgan fingerprint density at radius 2 is 2.00 bits per heavy atom. The molecule has 0 aliphatic rings. The fourth-order valence-corrected chi connectivity index (χ4v) is 2.02. The third kappa shape index (κ3) is 2.61. The molecule has 3 nitrogen and oxygen atoms in total. The number of methoxy groups -OCH3 is 1. The maximum absolute atomic E-state index is 13.3. The first-order valence-electron chi connectivity index (χ1n) is 4.95. The van der Waals surface area contributed by atoms with Crippen LogP contribution >= 0.6 is 15.9 Å². The highest BCUT2D eigenvalue weighted by Crippen LogP contribution is 2.30. The van der Waals surface area contributed by atoms with Crippen LogP contribution in [0.5, 0.6) is 5.75 Å². The number of nitrogens with zero attached hydrogens (tertiary/aromatic N) is 2. The molecule has 1 aromatic heterocycles. The third-order valence-electron chi connectivity index (χ3n) is 2.24. The van der Waals surface area contributed by atoms with Crippen LogP contribution < -0.4 is 4.74 Å². The minimum Gasteiger partial charge on any atom is -0.496 e. The van der Waals surface area contributed by atoms with Crippen LogP contribution in [0.1, 0.15) is 5.82 Å². The predicted molar refractivity (Wildman–Crippen MR) is 66.4 cm³/mol. The highest BCUT2D eigenvalue weighted by molar-refractivity contribution is 9.10. The molecular formula is C12H10BrFN2O. The van der Waals surface area contributed by atoms with E-state index in [1.54, 1.807) is 26.2 Å². The van der Waals surface area contributed by atoms with E-state index in [0.717, 1.165) is 0 Å². The molecule has 0 bridgehead atoms. The van der Waals surface area contributed by atoms with Gasteiger partial charge in [-0.25, -0.2) is 14.4 Å². The standard InChI is InChI=1S/C12H10BrFN2O/c1-7-15-10(6-12(13)16-7)9-5-8(14)3-4-11(9)17-2/h3-6H,1-2H3. The Morgan fingerprint density at radius 1 is 1.24 bits per heavy atom. The molecule has 0 N–H and O–H groups in total. The molecular weight excluding hydrogens is 287 g/mol. The van der Waals surface area contributed by atoms with Crippen molar-refractivity contribution in [3.8, 4) is 17.0 Å². The molecule has 0 saturated carbocycles. The van der Waals surface area contributed by atoms with Crippen LogP contribution in [-0.2, 0) is 0 Å². The molecule has 1 aromatic carbocycles. The van der Waals surface area contributed by atoms with Crippen LogP contribution in [0.4, 0.5) is 4.39 Å². The summed E-state index contributed by atoms with van der Waals surface area (Å²) in [6.45, 7) is 1.78. The summed E-state index contributed by atoms with van der Waals surface area (Å²) in [6.07, 6.45) is 0. The fraction of sp³-hybridized carbons (Fsp3) is 0.167. The molecule has 2 aromatic rings. The predicted octanol–water partition coefficient (Wildman–Crippen LogP) is 3.36. The lowest BCUT2D eigenvalue weighted by Gasteiger charge is -2.08. The van der Waals surface area contributed by atoms with Gasteiger partial charge in [-0.1, -0.05) is 0 Å². The van der Waals surface area contributed by atoms with E-state index >= 15 is 0 Å². The number of aromatic nitrogens is 2.